The topological polar surface area (TPSA) is 52.9 Å². The van der Waals surface area contributed by atoms with E-state index in [1.807, 2.05) is 17.0 Å². The van der Waals surface area contributed by atoms with Crippen molar-refractivity contribution in [2.24, 2.45) is 10.9 Å². The Morgan fingerprint density at radius 2 is 2.12 bits per heavy atom. The van der Waals surface area contributed by atoms with Crippen molar-refractivity contribution in [1.82, 2.24) is 0 Å². The molecule has 1 aromatic rings. The van der Waals surface area contributed by atoms with Gasteiger partial charge in [0.05, 0.1) is 17.8 Å². The van der Waals surface area contributed by atoms with E-state index in [1.54, 1.807) is 12.1 Å². The maximum atomic E-state index is 11.2. The summed E-state index contributed by atoms with van der Waals surface area (Å²) in [5.74, 6) is 0.383. The second-order valence-corrected chi connectivity index (χ2v) is 4.37. The van der Waals surface area contributed by atoms with Crippen LogP contribution in [0.5, 0.6) is 0 Å². The van der Waals surface area contributed by atoms with Gasteiger partial charge in [0.2, 0.25) is 0 Å². The Balaban J connectivity index is 2.41. The third-order valence-corrected chi connectivity index (χ3v) is 2.82. The van der Waals surface area contributed by atoms with Gasteiger partial charge in [0.1, 0.15) is 5.84 Å². The first kappa shape index (κ1) is 11.6. The second-order valence-electron chi connectivity index (χ2n) is 4.37. The quantitative estimate of drug-likeness (QED) is 0.869. The van der Waals surface area contributed by atoms with Gasteiger partial charge in [-0.1, -0.05) is 26.0 Å². The predicted molar refractivity (Wildman–Crippen MR) is 67.9 cm³/mol. The second kappa shape index (κ2) is 4.57. The lowest BCUT2D eigenvalue weighted by Gasteiger charge is -2.24. The molecule has 1 heterocycles. The predicted octanol–water partition coefficient (Wildman–Crippen LogP) is 2.26. The molecule has 2 rings (SSSR count). The summed E-state index contributed by atoms with van der Waals surface area (Å²) >= 11 is 0. The molecule has 0 aliphatic carbocycles. The molecular weight excluding hydrogens is 216 g/mol. The highest BCUT2D eigenvalue weighted by atomic mass is 16.4. The standard InChI is InChI=1S/C13H16N2O2/c1-9(2)12-14-7-8-15(12)11-6-4-3-5-10(11)13(16)17/h3-6,9H,7-8H2,1-2H3,(H,16,17). The van der Waals surface area contributed by atoms with Crippen molar-refractivity contribution in [2.45, 2.75) is 13.8 Å². The van der Waals surface area contributed by atoms with E-state index < -0.39 is 5.97 Å². The number of para-hydroxylation sites is 1. The van der Waals surface area contributed by atoms with Gasteiger partial charge >= 0.3 is 5.97 Å². The van der Waals surface area contributed by atoms with Gasteiger partial charge in [-0.25, -0.2) is 4.79 Å². The largest absolute Gasteiger partial charge is 0.478 e. The van der Waals surface area contributed by atoms with Crippen molar-refractivity contribution in [1.29, 1.82) is 0 Å². The van der Waals surface area contributed by atoms with Crippen molar-refractivity contribution in [3.05, 3.63) is 29.8 Å². The zero-order valence-electron chi connectivity index (χ0n) is 10.1. The van der Waals surface area contributed by atoms with Gasteiger partial charge in [-0.3, -0.25) is 4.99 Å². The third-order valence-electron chi connectivity index (χ3n) is 2.82. The van der Waals surface area contributed by atoms with E-state index >= 15 is 0 Å². The molecule has 0 atom stereocenters. The van der Waals surface area contributed by atoms with E-state index in [9.17, 15) is 9.90 Å². The summed E-state index contributed by atoms with van der Waals surface area (Å²) in [5.41, 5.74) is 1.08. The molecule has 0 fully saturated rings. The van der Waals surface area contributed by atoms with Crippen molar-refractivity contribution >= 4 is 17.5 Å². The van der Waals surface area contributed by atoms with Gasteiger partial charge in [-0.2, -0.15) is 0 Å². The Morgan fingerprint density at radius 3 is 2.76 bits per heavy atom. The van der Waals surface area contributed by atoms with E-state index in [4.69, 9.17) is 0 Å². The van der Waals surface area contributed by atoms with Gasteiger partial charge in [-0.05, 0) is 12.1 Å². The number of carbonyl (C=O) groups is 1. The fraction of sp³-hybridized carbons (Fsp3) is 0.385. The highest BCUT2D eigenvalue weighted by molar-refractivity contribution is 6.05. The maximum Gasteiger partial charge on any atom is 0.337 e. The summed E-state index contributed by atoms with van der Waals surface area (Å²) in [6.45, 7) is 5.64. The van der Waals surface area contributed by atoms with Crippen molar-refractivity contribution in [3.63, 3.8) is 0 Å². The average molecular weight is 232 g/mol. The van der Waals surface area contributed by atoms with E-state index in [2.05, 4.69) is 18.8 Å². The molecule has 1 aliphatic heterocycles. The zero-order valence-corrected chi connectivity index (χ0v) is 10.1. The van der Waals surface area contributed by atoms with Crippen LogP contribution in [0.4, 0.5) is 5.69 Å². The fourth-order valence-corrected chi connectivity index (χ4v) is 2.09. The van der Waals surface area contributed by atoms with Gasteiger partial charge in [-0.15, -0.1) is 0 Å². The Bertz CT molecular complexity index is 466. The molecule has 0 bridgehead atoms. The van der Waals surface area contributed by atoms with Crippen molar-refractivity contribution < 1.29 is 9.90 Å². The SMILES string of the molecule is CC(C)C1=NCCN1c1ccccc1C(=O)O. The maximum absolute atomic E-state index is 11.2. The Morgan fingerprint density at radius 1 is 1.41 bits per heavy atom. The lowest BCUT2D eigenvalue weighted by molar-refractivity contribution is 0.0697. The summed E-state index contributed by atoms with van der Waals surface area (Å²) in [6.07, 6.45) is 0. The zero-order chi connectivity index (χ0) is 12.4. The molecule has 17 heavy (non-hydrogen) atoms. The van der Waals surface area contributed by atoms with E-state index in [-0.39, 0.29) is 0 Å². The van der Waals surface area contributed by atoms with E-state index in [1.165, 1.54) is 0 Å². The number of anilines is 1. The number of hydrogen-bond acceptors (Lipinski definition) is 3. The van der Waals surface area contributed by atoms with Crippen LogP contribution in [-0.4, -0.2) is 30.0 Å². The van der Waals surface area contributed by atoms with Crippen LogP contribution in [0.3, 0.4) is 0 Å². The normalized spacial score (nSPS) is 15.2. The number of aromatic carboxylic acids is 1. The van der Waals surface area contributed by atoms with Crippen LogP contribution in [0.15, 0.2) is 29.3 Å². The summed E-state index contributed by atoms with van der Waals surface area (Å²) in [5, 5.41) is 9.18. The number of carboxylic acids is 1. The van der Waals surface area contributed by atoms with Crippen LogP contribution < -0.4 is 4.90 Å². The number of hydrogen-bond donors (Lipinski definition) is 1. The number of rotatable bonds is 3. The van der Waals surface area contributed by atoms with Crippen LogP contribution in [0.25, 0.3) is 0 Å². The molecule has 1 aliphatic rings. The van der Waals surface area contributed by atoms with E-state index in [0.29, 0.717) is 11.5 Å². The highest BCUT2D eigenvalue weighted by Gasteiger charge is 2.24. The minimum atomic E-state index is -0.893. The molecule has 0 saturated carbocycles. The van der Waals surface area contributed by atoms with Gasteiger partial charge in [0, 0.05) is 12.5 Å². The number of carboxylic acid groups (broad SMARTS) is 1. The molecule has 0 radical (unpaired) electrons. The fourth-order valence-electron chi connectivity index (χ4n) is 2.09. The van der Waals surface area contributed by atoms with Gasteiger partial charge in [0.25, 0.3) is 0 Å². The molecular formula is C13H16N2O2. The first-order chi connectivity index (χ1) is 8.11. The van der Waals surface area contributed by atoms with Crippen molar-refractivity contribution in [2.75, 3.05) is 18.0 Å². The number of amidine groups is 1. The molecule has 0 amide bonds. The summed E-state index contributed by atoms with van der Waals surface area (Å²) in [7, 11) is 0. The number of benzene rings is 1. The number of nitrogens with zero attached hydrogens (tertiary/aromatic N) is 2. The highest BCUT2D eigenvalue weighted by Crippen LogP contribution is 2.25. The Labute approximate surface area is 101 Å². The first-order valence-corrected chi connectivity index (χ1v) is 5.75. The molecule has 0 aromatic heterocycles. The Kier molecular flexibility index (Phi) is 3.13. The average Bonchev–Trinajstić information content (AvgIpc) is 2.77. The Hall–Kier alpha value is -1.84. The monoisotopic (exact) mass is 232 g/mol. The minimum absolute atomic E-state index is 0.305. The minimum Gasteiger partial charge on any atom is -0.478 e. The van der Waals surface area contributed by atoms with Crippen LogP contribution >= 0.6 is 0 Å². The molecule has 0 unspecified atom stereocenters. The lowest BCUT2D eigenvalue weighted by Crippen LogP contribution is -2.32. The van der Waals surface area contributed by atoms with Crippen LogP contribution in [0.1, 0.15) is 24.2 Å². The molecule has 0 spiro atoms. The van der Waals surface area contributed by atoms with Gasteiger partial charge in [0.15, 0.2) is 0 Å². The van der Waals surface area contributed by atoms with Crippen molar-refractivity contribution in [3.8, 4) is 0 Å². The molecule has 90 valence electrons. The van der Waals surface area contributed by atoms with E-state index in [0.717, 1.165) is 24.6 Å². The third kappa shape index (κ3) is 2.16. The number of aliphatic imine (C=N–C) groups is 1. The summed E-state index contributed by atoms with van der Waals surface area (Å²) in [4.78, 5) is 17.6. The molecule has 4 heteroatoms. The summed E-state index contributed by atoms with van der Waals surface area (Å²) in [6, 6.07) is 7.08. The smallest absolute Gasteiger partial charge is 0.337 e. The molecule has 4 nitrogen and oxygen atoms in total. The van der Waals surface area contributed by atoms with Gasteiger partial charge < -0.3 is 10.0 Å². The molecule has 1 aromatic carbocycles. The summed E-state index contributed by atoms with van der Waals surface area (Å²) < 4.78 is 0. The van der Waals surface area contributed by atoms with Crippen LogP contribution in [0, 0.1) is 5.92 Å². The lowest BCUT2D eigenvalue weighted by atomic mass is 10.1. The molecule has 1 N–H and O–H groups in total. The van der Waals surface area contributed by atoms with Crippen LogP contribution in [-0.2, 0) is 0 Å². The van der Waals surface area contributed by atoms with Crippen LogP contribution in [0.2, 0.25) is 0 Å². The molecule has 0 saturated heterocycles. The first-order valence-electron chi connectivity index (χ1n) is 5.75.